The number of carbonyl (C=O) groups is 1. The van der Waals surface area contributed by atoms with Gasteiger partial charge in [0.2, 0.25) is 10.0 Å². The highest BCUT2D eigenvalue weighted by molar-refractivity contribution is 7.90. The van der Waals surface area contributed by atoms with E-state index in [1.54, 1.807) is 18.9 Å². The largest absolute Gasteiger partial charge is 0.462 e. The van der Waals surface area contributed by atoms with Crippen molar-refractivity contribution in [3.8, 4) is 0 Å². The Morgan fingerprint density at radius 3 is 2.71 bits per heavy atom. The van der Waals surface area contributed by atoms with E-state index in [4.69, 9.17) is 9.57 Å². The maximum absolute atomic E-state index is 12.7. The van der Waals surface area contributed by atoms with Crippen LogP contribution >= 0.6 is 0 Å². The maximum atomic E-state index is 12.7. The van der Waals surface area contributed by atoms with Crippen molar-refractivity contribution in [2.45, 2.75) is 50.2 Å². The smallest absolute Gasteiger partial charge is 0.326 e. The highest BCUT2D eigenvalue weighted by Crippen LogP contribution is 2.47. The zero-order chi connectivity index (χ0) is 15.6. The Kier molecular flexibility index (Phi) is 3.36. The van der Waals surface area contributed by atoms with Crippen LogP contribution < -0.4 is 0 Å². The molecule has 0 radical (unpaired) electrons. The van der Waals surface area contributed by atoms with Gasteiger partial charge in [-0.3, -0.25) is 9.63 Å². The van der Waals surface area contributed by atoms with Crippen LogP contribution in [0.15, 0.2) is 0 Å². The lowest BCUT2D eigenvalue weighted by molar-refractivity contribution is -0.168. The van der Waals surface area contributed by atoms with Gasteiger partial charge in [-0.05, 0) is 20.8 Å². The zero-order valence-corrected chi connectivity index (χ0v) is 13.6. The number of sulfonamides is 1. The normalized spacial score (nSPS) is 44.8. The average Bonchev–Trinajstić information content (AvgIpc) is 2.78. The topological polar surface area (TPSA) is 76.2 Å². The molecule has 5 unspecified atom stereocenters. The molecule has 0 aliphatic carbocycles. The second-order valence-corrected chi connectivity index (χ2v) is 8.77. The number of rotatable bonds is 2. The first-order valence-electron chi connectivity index (χ1n) is 7.26. The van der Waals surface area contributed by atoms with E-state index in [1.165, 1.54) is 4.31 Å². The van der Waals surface area contributed by atoms with Crippen molar-refractivity contribution in [1.82, 2.24) is 9.37 Å². The number of likely N-dealkylation sites (N-methyl/N-ethyl adjacent to an activating group) is 1. The Morgan fingerprint density at radius 1 is 1.43 bits per heavy atom. The van der Waals surface area contributed by atoms with Gasteiger partial charge in [0, 0.05) is 32.5 Å². The summed E-state index contributed by atoms with van der Waals surface area (Å²) in [4.78, 5) is 18.0. The lowest BCUT2D eigenvalue weighted by Gasteiger charge is -2.30. The molecule has 3 aliphatic rings. The molecular formula is C13H22N2O5S. The number of nitrogens with zero attached hydrogens (tertiary/aromatic N) is 2. The lowest BCUT2D eigenvalue weighted by Crippen LogP contribution is -2.48. The predicted octanol–water partition coefficient (Wildman–Crippen LogP) is -0.0238. The molecule has 3 saturated heterocycles. The van der Waals surface area contributed by atoms with E-state index in [9.17, 15) is 13.2 Å². The molecule has 21 heavy (non-hydrogen) atoms. The van der Waals surface area contributed by atoms with E-state index in [-0.39, 0.29) is 30.1 Å². The van der Waals surface area contributed by atoms with Crippen LogP contribution in [0.2, 0.25) is 0 Å². The molecule has 120 valence electrons. The van der Waals surface area contributed by atoms with E-state index in [0.29, 0.717) is 13.1 Å². The Bertz CT molecular complexity index is 563. The highest BCUT2D eigenvalue weighted by Gasteiger charge is 2.63. The number of esters is 1. The van der Waals surface area contributed by atoms with Gasteiger partial charge in [-0.15, -0.1) is 0 Å². The van der Waals surface area contributed by atoms with Crippen LogP contribution in [-0.2, 0) is 24.4 Å². The number of fused-ring (bicyclic) bond motifs is 1. The SMILES string of the molecule is CC(C)OC(=O)C1CC2ON(C)C3(C)CN(CC23)S1(=O)=O. The molecule has 3 aliphatic heterocycles. The number of carbonyl (C=O) groups excluding carboxylic acids is 1. The van der Waals surface area contributed by atoms with Crippen molar-refractivity contribution in [3.63, 3.8) is 0 Å². The number of ether oxygens (including phenoxy) is 1. The standard InChI is InChI=1S/C13H22N2O5S/c1-8(2)19-12(16)11-5-10-9-6-15(21(11,17)18)7-13(9,3)14(4)20-10/h8-11H,5-7H2,1-4H3. The summed E-state index contributed by atoms with van der Waals surface area (Å²) >= 11 is 0. The predicted molar refractivity (Wildman–Crippen MR) is 74.7 cm³/mol. The van der Waals surface area contributed by atoms with Crippen molar-refractivity contribution in [2.75, 3.05) is 20.1 Å². The van der Waals surface area contributed by atoms with Gasteiger partial charge in [-0.25, -0.2) is 8.42 Å². The molecular weight excluding hydrogens is 296 g/mol. The summed E-state index contributed by atoms with van der Waals surface area (Å²) in [6.07, 6.45) is -0.429. The molecule has 5 atom stereocenters. The highest BCUT2D eigenvalue weighted by atomic mass is 32.2. The molecule has 3 heterocycles. The minimum absolute atomic E-state index is 0.0918. The molecule has 0 amide bonds. The molecule has 3 fully saturated rings. The summed E-state index contributed by atoms with van der Waals surface area (Å²) < 4.78 is 32.0. The fraction of sp³-hybridized carbons (Fsp3) is 0.923. The van der Waals surface area contributed by atoms with E-state index in [2.05, 4.69) is 0 Å². The second-order valence-electron chi connectivity index (χ2n) is 6.65. The van der Waals surface area contributed by atoms with Crippen molar-refractivity contribution in [2.24, 2.45) is 5.92 Å². The van der Waals surface area contributed by atoms with Crippen LogP contribution in [0, 0.1) is 5.92 Å². The van der Waals surface area contributed by atoms with Crippen molar-refractivity contribution in [3.05, 3.63) is 0 Å². The van der Waals surface area contributed by atoms with Gasteiger partial charge >= 0.3 is 5.97 Å². The molecule has 0 aromatic heterocycles. The molecule has 0 aromatic rings. The second kappa shape index (κ2) is 4.65. The van der Waals surface area contributed by atoms with Crippen LogP contribution in [-0.4, -0.2) is 66.9 Å². The minimum atomic E-state index is -3.69. The van der Waals surface area contributed by atoms with Crippen molar-refractivity contribution >= 4 is 16.0 Å². The van der Waals surface area contributed by atoms with E-state index in [1.807, 2.05) is 14.0 Å². The molecule has 2 bridgehead atoms. The third-order valence-electron chi connectivity index (χ3n) is 4.94. The first-order valence-corrected chi connectivity index (χ1v) is 8.76. The third-order valence-corrected chi connectivity index (χ3v) is 7.04. The van der Waals surface area contributed by atoms with Crippen molar-refractivity contribution < 1.29 is 22.8 Å². The lowest BCUT2D eigenvalue weighted by atomic mass is 9.84. The molecule has 7 nitrogen and oxygen atoms in total. The van der Waals surface area contributed by atoms with E-state index in [0.717, 1.165) is 0 Å². The van der Waals surface area contributed by atoms with Crippen molar-refractivity contribution in [1.29, 1.82) is 0 Å². The van der Waals surface area contributed by atoms with E-state index >= 15 is 0 Å². The number of hydrogen-bond donors (Lipinski definition) is 0. The van der Waals surface area contributed by atoms with Crippen LogP contribution in [0.25, 0.3) is 0 Å². The number of hydroxylamine groups is 2. The summed E-state index contributed by atoms with van der Waals surface area (Å²) in [5, 5.41) is 0.597. The third kappa shape index (κ3) is 2.11. The monoisotopic (exact) mass is 318 g/mol. The zero-order valence-electron chi connectivity index (χ0n) is 12.8. The van der Waals surface area contributed by atoms with Gasteiger partial charge in [-0.2, -0.15) is 9.37 Å². The van der Waals surface area contributed by atoms with Gasteiger partial charge in [-0.1, -0.05) is 0 Å². The van der Waals surface area contributed by atoms with Gasteiger partial charge in [0.05, 0.1) is 17.7 Å². The molecule has 0 saturated carbocycles. The quantitative estimate of drug-likeness (QED) is 0.666. The average molecular weight is 318 g/mol. The first kappa shape index (κ1) is 15.2. The maximum Gasteiger partial charge on any atom is 0.326 e. The first-order chi connectivity index (χ1) is 9.66. The Hall–Kier alpha value is -0.700. The van der Waals surface area contributed by atoms with Crippen LogP contribution in [0.1, 0.15) is 27.2 Å². The summed E-state index contributed by atoms with van der Waals surface area (Å²) in [5.41, 5.74) is -0.315. The van der Waals surface area contributed by atoms with Crippen LogP contribution in [0.5, 0.6) is 0 Å². The molecule has 8 heteroatoms. The van der Waals surface area contributed by atoms with Crippen LogP contribution in [0.3, 0.4) is 0 Å². The van der Waals surface area contributed by atoms with Gasteiger partial charge < -0.3 is 4.74 Å². The Labute approximate surface area is 125 Å². The van der Waals surface area contributed by atoms with Gasteiger partial charge in [0.25, 0.3) is 0 Å². The minimum Gasteiger partial charge on any atom is -0.462 e. The fourth-order valence-electron chi connectivity index (χ4n) is 3.64. The summed E-state index contributed by atoms with van der Waals surface area (Å²) in [6.45, 7) is 6.22. The Morgan fingerprint density at radius 2 is 2.10 bits per heavy atom. The fourth-order valence-corrected chi connectivity index (χ4v) is 5.54. The summed E-state index contributed by atoms with van der Waals surface area (Å²) in [7, 11) is -1.86. The van der Waals surface area contributed by atoms with Crippen LogP contribution in [0.4, 0.5) is 0 Å². The molecule has 0 N–H and O–H groups in total. The molecule has 0 spiro atoms. The Balaban J connectivity index is 1.95. The van der Waals surface area contributed by atoms with Gasteiger partial charge in [0.1, 0.15) is 0 Å². The number of hydrogen-bond acceptors (Lipinski definition) is 6. The molecule has 3 rings (SSSR count). The molecule has 0 aromatic carbocycles. The summed E-state index contributed by atoms with van der Waals surface area (Å²) in [5.74, 6) is -0.577. The van der Waals surface area contributed by atoms with Gasteiger partial charge in [0.15, 0.2) is 5.25 Å². The summed E-state index contributed by atoms with van der Waals surface area (Å²) in [6, 6.07) is 0. The van der Waals surface area contributed by atoms with E-state index < -0.39 is 21.2 Å².